The van der Waals surface area contributed by atoms with Gasteiger partial charge in [0.15, 0.2) is 6.10 Å². The first-order chi connectivity index (χ1) is 31.0. The predicted octanol–water partition coefficient (Wildman–Crippen LogP) is 17.9. The van der Waals surface area contributed by atoms with Gasteiger partial charge in [0, 0.05) is 19.3 Å². The zero-order valence-corrected chi connectivity index (χ0v) is 41.8. The van der Waals surface area contributed by atoms with Crippen molar-refractivity contribution in [3.63, 3.8) is 0 Å². The number of ether oxygens (including phenoxy) is 3. The lowest BCUT2D eigenvalue weighted by Crippen LogP contribution is -2.30. The first-order valence-corrected chi connectivity index (χ1v) is 27.1. The molecule has 0 aromatic carbocycles. The number of hydrogen-bond donors (Lipinski definition) is 0. The molecule has 0 rings (SSSR count). The van der Waals surface area contributed by atoms with Gasteiger partial charge in [0.1, 0.15) is 13.2 Å². The van der Waals surface area contributed by atoms with Gasteiger partial charge in [0.05, 0.1) is 0 Å². The number of rotatable bonds is 49. The van der Waals surface area contributed by atoms with Crippen molar-refractivity contribution in [2.24, 2.45) is 0 Å². The van der Waals surface area contributed by atoms with Crippen LogP contribution in [0.5, 0.6) is 0 Å². The van der Waals surface area contributed by atoms with Gasteiger partial charge in [-0.15, -0.1) is 0 Å². The van der Waals surface area contributed by atoms with Crippen LogP contribution in [0.2, 0.25) is 0 Å². The van der Waals surface area contributed by atoms with Crippen LogP contribution in [0.1, 0.15) is 278 Å². The van der Waals surface area contributed by atoms with Crippen molar-refractivity contribution in [3.8, 4) is 0 Å². The van der Waals surface area contributed by atoms with Gasteiger partial charge in [-0.25, -0.2) is 0 Å². The fourth-order valence-electron chi connectivity index (χ4n) is 7.79. The van der Waals surface area contributed by atoms with E-state index in [2.05, 4.69) is 69.4 Å². The highest BCUT2D eigenvalue weighted by Gasteiger charge is 2.19. The maximum atomic E-state index is 12.8. The van der Waals surface area contributed by atoms with Crippen LogP contribution < -0.4 is 0 Å². The van der Waals surface area contributed by atoms with Crippen molar-refractivity contribution in [2.75, 3.05) is 13.2 Å². The largest absolute Gasteiger partial charge is 0.462 e. The SMILES string of the molecule is CC/C=C\C/C=C\C/C=C\C/C=C\CCCCCCC(=O)OC[C@H](COC(=O)CCCCCCCCCCCCCCC)OC(=O)CCCCCCCCCCCCCCCCC. The van der Waals surface area contributed by atoms with Crippen LogP contribution in [-0.4, -0.2) is 37.2 Å². The predicted molar refractivity (Wildman–Crippen MR) is 270 cm³/mol. The molecule has 0 saturated heterocycles. The summed E-state index contributed by atoms with van der Waals surface area (Å²) < 4.78 is 16.8. The zero-order valence-electron chi connectivity index (χ0n) is 41.8. The van der Waals surface area contributed by atoms with E-state index in [0.717, 1.165) is 96.3 Å². The molecule has 0 saturated carbocycles. The van der Waals surface area contributed by atoms with E-state index in [-0.39, 0.29) is 31.1 Å². The van der Waals surface area contributed by atoms with E-state index in [4.69, 9.17) is 14.2 Å². The Morgan fingerprint density at radius 2 is 0.619 bits per heavy atom. The molecule has 0 aromatic heterocycles. The molecule has 0 fully saturated rings. The van der Waals surface area contributed by atoms with Crippen molar-refractivity contribution in [3.05, 3.63) is 48.6 Å². The van der Waals surface area contributed by atoms with Crippen molar-refractivity contribution in [1.82, 2.24) is 0 Å². The molecule has 0 aliphatic heterocycles. The first-order valence-electron chi connectivity index (χ1n) is 27.1. The number of allylic oxidation sites excluding steroid dienone is 8. The lowest BCUT2D eigenvalue weighted by Gasteiger charge is -2.18. The summed E-state index contributed by atoms with van der Waals surface area (Å²) in [5.74, 6) is -0.889. The smallest absolute Gasteiger partial charge is 0.306 e. The van der Waals surface area contributed by atoms with E-state index in [1.807, 2.05) is 0 Å². The molecule has 0 aliphatic rings. The second kappa shape index (κ2) is 52.0. The summed E-state index contributed by atoms with van der Waals surface area (Å²) in [4.78, 5) is 38.0. The van der Waals surface area contributed by atoms with Crippen molar-refractivity contribution in [2.45, 2.75) is 284 Å². The van der Waals surface area contributed by atoms with Crippen molar-refractivity contribution < 1.29 is 28.6 Å². The van der Waals surface area contributed by atoms with E-state index in [9.17, 15) is 14.4 Å². The fourth-order valence-corrected chi connectivity index (χ4v) is 7.79. The van der Waals surface area contributed by atoms with Crippen LogP contribution >= 0.6 is 0 Å². The van der Waals surface area contributed by atoms with E-state index in [1.54, 1.807) is 0 Å². The van der Waals surface area contributed by atoms with Gasteiger partial charge >= 0.3 is 17.9 Å². The minimum atomic E-state index is -0.778. The Bertz CT molecular complexity index is 1110. The van der Waals surface area contributed by atoms with Gasteiger partial charge in [-0.3, -0.25) is 14.4 Å². The van der Waals surface area contributed by atoms with Crippen LogP contribution in [0, 0.1) is 0 Å². The molecule has 6 nitrogen and oxygen atoms in total. The summed E-state index contributed by atoms with van der Waals surface area (Å²) in [5, 5.41) is 0. The quantitative estimate of drug-likeness (QED) is 0.0262. The lowest BCUT2D eigenvalue weighted by atomic mass is 10.0. The Balaban J connectivity index is 4.39. The molecular formula is C57H102O6. The van der Waals surface area contributed by atoms with Crippen LogP contribution in [0.25, 0.3) is 0 Å². The number of hydrogen-bond acceptors (Lipinski definition) is 6. The minimum Gasteiger partial charge on any atom is -0.462 e. The number of carbonyl (C=O) groups is 3. The van der Waals surface area contributed by atoms with Crippen LogP contribution in [0.15, 0.2) is 48.6 Å². The summed E-state index contributed by atoms with van der Waals surface area (Å²) in [6, 6.07) is 0. The van der Waals surface area contributed by atoms with Gasteiger partial charge in [-0.05, 0) is 57.8 Å². The molecule has 0 spiro atoms. The molecule has 0 N–H and O–H groups in total. The van der Waals surface area contributed by atoms with Crippen molar-refractivity contribution in [1.29, 1.82) is 0 Å². The topological polar surface area (TPSA) is 78.9 Å². The van der Waals surface area contributed by atoms with Gasteiger partial charge in [0.25, 0.3) is 0 Å². The number of unbranched alkanes of at least 4 members (excludes halogenated alkanes) is 30. The Kier molecular flexibility index (Phi) is 49.8. The maximum absolute atomic E-state index is 12.8. The second-order valence-corrected chi connectivity index (χ2v) is 18.1. The molecule has 1 atom stereocenters. The van der Waals surface area contributed by atoms with E-state index < -0.39 is 6.10 Å². The fraction of sp³-hybridized carbons (Fsp3) is 0.807. The van der Waals surface area contributed by atoms with Gasteiger partial charge in [0.2, 0.25) is 0 Å². The standard InChI is InChI=1S/C57H102O6/c1-4-7-10-13-16-19-22-25-27-28-30-32-35-38-41-44-47-50-56(59)62-53-54(52-61-55(58)49-46-43-40-37-34-31-24-21-18-15-12-9-6-3)63-57(60)51-48-45-42-39-36-33-29-26-23-20-17-14-11-8-5-2/h7,10,16,19,25,27,30,32,54H,4-6,8-9,11-15,17-18,20-24,26,28-29,31,33-53H2,1-3H3/b10-7-,19-16-,27-25-,32-30-/t54-/m0/s1. The molecule has 0 unspecified atom stereocenters. The highest BCUT2D eigenvalue weighted by Crippen LogP contribution is 2.16. The highest BCUT2D eigenvalue weighted by atomic mass is 16.6. The summed E-state index contributed by atoms with van der Waals surface area (Å²) in [6.45, 7) is 6.53. The van der Waals surface area contributed by atoms with Crippen LogP contribution in [-0.2, 0) is 28.6 Å². The summed E-state index contributed by atoms with van der Waals surface area (Å²) >= 11 is 0. The third-order valence-corrected chi connectivity index (χ3v) is 11.8. The Morgan fingerprint density at radius 3 is 0.968 bits per heavy atom. The molecule has 0 bridgehead atoms. The second-order valence-electron chi connectivity index (χ2n) is 18.1. The molecule has 0 amide bonds. The summed E-state index contributed by atoms with van der Waals surface area (Å²) in [7, 11) is 0. The van der Waals surface area contributed by atoms with Gasteiger partial charge in [-0.1, -0.05) is 249 Å². The van der Waals surface area contributed by atoms with Crippen molar-refractivity contribution >= 4 is 17.9 Å². The molecule has 63 heavy (non-hydrogen) atoms. The number of carbonyl (C=O) groups excluding carboxylic acids is 3. The van der Waals surface area contributed by atoms with Crippen LogP contribution in [0.4, 0.5) is 0 Å². The van der Waals surface area contributed by atoms with Gasteiger partial charge < -0.3 is 14.2 Å². The van der Waals surface area contributed by atoms with Crippen LogP contribution in [0.3, 0.4) is 0 Å². The normalized spacial score (nSPS) is 12.4. The van der Waals surface area contributed by atoms with Gasteiger partial charge in [-0.2, -0.15) is 0 Å². The Hall–Kier alpha value is -2.63. The minimum absolute atomic E-state index is 0.0769. The van der Waals surface area contributed by atoms with E-state index >= 15 is 0 Å². The maximum Gasteiger partial charge on any atom is 0.306 e. The molecule has 0 radical (unpaired) electrons. The Morgan fingerprint density at radius 1 is 0.333 bits per heavy atom. The molecule has 366 valence electrons. The molecule has 0 heterocycles. The number of esters is 3. The third-order valence-electron chi connectivity index (χ3n) is 11.8. The Labute approximate surface area is 390 Å². The summed E-state index contributed by atoms with van der Waals surface area (Å²) in [5.41, 5.74) is 0. The third kappa shape index (κ3) is 50.2. The highest BCUT2D eigenvalue weighted by molar-refractivity contribution is 5.71. The molecule has 0 aliphatic carbocycles. The summed E-state index contributed by atoms with van der Waals surface area (Å²) in [6.07, 6.45) is 62.3. The molecular weight excluding hydrogens is 781 g/mol. The molecule has 6 heteroatoms. The molecule has 0 aromatic rings. The monoisotopic (exact) mass is 883 g/mol. The average Bonchev–Trinajstić information content (AvgIpc) is 3.28. The lowest BCUT2D eigenvalue weighted by molar-refractivity contribution is -0.167. The van der Waals surface area contributed by atoms with E-state index in [0.29, 0.717) is 19.3 Å². The average molecular weight is 883 g/mol. The first kappa shape index (κ1) is 60.4. The zero-order chi connectivity index (χ0) is 45.8. The van der Waals surface area contributed by atoms with E-state index in [1.165, 1.54) is 141 Å².